The van der Waals surface area contributed by atoms with Crippen LogP contribution in [-0.4, -0.2) is 15.7 Å². The van der Waals surface area contributed by atoms with Gasteiger partial charge in [-0.1, -0.05) is 17.7 Å². The van der Waals surface area contributed by atoms with Crippen molar-refractivity contribution in [2.24, 2.45) is 0 Å². The maximum atomic E-state index is 12.0. The number of halogens is 2. The van der Waals surface area contributed by atoms with Crippen molar-refractivity contribution in [2.75, 3.05) is 5.75 Å². The minimum Gasteiger partial charge on any atom is -0.292 e. The molecule has 0 amide bonds. The first-order valence-electron chi connectivity index (χ1n) is 4.98. The van der Waals surface area contributed by atoms with Crippen molar-refractivity contribution in [2.45, 2.75) is 4.90 Å². The first-order valence-corrected chi connectivity index (χ1v) is 8.35. The largest absolute Gasteiger partial charge is 0.292 e. The van der Waals surface area contributed by atoms with E-state index < -0.39 is 10.8 Å². The summed E-state index contributed by atoms with van der Waals surface area (Å²) in [5.74, 6) is -0.158. The quantitative estimate of drug-likeness (QED) is 0.765. The number of carbonyl (C=O) groups excluding carboxylic acids is 1. The van der Waals surface area contributed by atoms with Gasteiger partial charge in [0.15, 0.2) is 5.78 Å². The molecule has 94 valence electrons. The van der Waals surface area contributed by atoms with Gasteiger partial charge in [0.2, 0.25) is 0 Å². The minimum absolute atomic E-state index is 0.0283. The third kappa shape index (κ3) is 3.29. The average Bonchev–Trinajstić information content (AvgIpc) is 2.75. The number of benzene rings is 1. The Bertz CT molecular complexity index is 610. The molecule has 1 atom stereocenters. The Hall–Kier alpha value is -0.490. The van der Waals surface area contributed by atoms with Crippen LogP contribution >= 0.6 is 38.9 Å². The van der Waals surface area contributed by atoms with Crippen LogP contribution in [0.2, 0.25) is 5.02 Å². The third-order valence-electron chi connectivity index (χ3n) is 2.19. The summed E-state index contributed by atoms with van der Waals surface area (Å²) in [5.41, 5.74) is 0. The summed E-state index contributed by atoms with van der Waals surface area (Å²) >= 11 is 10.5. The van der Waals surface area contributed by atoms with E-state index in [0.717, 1.165) is 4.47 Å². The maximum Gasteiger partial charge on any atom is 0.186 e. The number of thiophene rings is 1. The molecule has 0 aliphatic carbocycles. The molecule has 0 radical (unpaired) electrons. The van der Waals surface area contributed by atoms with Gasteiger partial charge < -0.3 is 0 Å². The predicted molar refractivity (Wildman–Crippen MR) is 79.1 cm³/mol. The lowest BCUT2D eigenvalue weighted by Gasteiger charge is -2.02. The third-order valence-corrected chi connectivity index (χ3v) is 5.61. The number of rotatable bonds is 4. The zero-order valence-electron chi connectivity index (χ0n) is 9.06. The summed E-state index contributed by atoms with van der Waals surface area (Å²) in [6.45, 7) is 0. The standard InChI is InChI=1S/C12H8BrClO2S2/c13-10-4-5-17-12(10)11(15)7-18(16)9-3-1-2-8(14)6-9/h1-6H,7H2. The van der Waals surface area contributed by atoms with E-state index in [1.54, 1.807) is 30.3 Å². The molecule has 0 fully saturated rings. The molecule has 0 spiro atoms. The minimum atomic E-state index is -1.36. The molecule has 0 saturated heterocycles. The van der Waals surface area contributed by atoms with Crippen LogP contribution in [0.25, 0.3) is 0 Å². The highest BCUT2D eigenvalue weighted by atomic mass is 79.9. The van der Waals surface area contributed by atoms with Gasteiger partial charge in [-0.25, -0.2) is 0 Å². The van der Waals surface area contributed by atoms with Crippen molar-refractivity contribution in [3.8, 4) is 0 Å². The summed E-state index contributed by atoms with van der Waals surface area (Å²) in [6.07, 6.45) is 0. The van der Waals surface area contributed by atoms with Crippen LogP contribution in [0, 0.1) is 0 Å². The van der Waals surface area contributed by atoms with Gasteiger partial charge in [-0.05, 0) is 45.6 Å². The van der Waals surface area contributed by atoms with E-state index in [0.29, 0.717) is 14.8 Å². The van der Waals surface area contributed by atoms with Crippen LogP contribution in [0.3, 0.4) is 0 Å². The first kappa shape index (κ1) is 13.9. The number of ketones is 1. The van der Waals surface area contributed by atoms with E-state index in [-0.39, 0.29) is 11.5 Å². The summed E-state index contributed by atoms with van der Waals surface area (Å²) in [6, 6.07) is 8.56. The molecule has 1 aromatic heterocycles. The Morgan fingerprint density at radius 2 is 2.17 bits per heavy atom. The Labute approximate surface area is 125 Å². The highest BCUT2D eigenvalue weighted by molar-refractivity contribution is 9.10. The van der Waals surface area contributed by atoms with Crippen LogP contribution < -0.4 is 0 Å². The summed E-state index contributed by atoms with van der Waals surface area (Å²) in [5, 5.41) is 2.34. The van der Waals surface area contributed by atoms with Gasteiger partial charge >= 0.3 is 0 Å². The molecule has 2 nitrogen and oxygen atoms in total. The second kappa shape index (κ2) is 6.10. The molecular weight excluding hydrogens is 356 g/mol. The molecule has 0 bridgehead atoms. The molecule has 18 heavy (non-hydrogen) atoms. The molecular formula is C12H8BrClO2S2. The van der Waals surface area contributed by atoms with Gasteiger partial charge in [0.05, 0.1) is 21.4 Å². The Morgan fingerprint density at radius 1 is 1.39 bits per heavy atom. The van der Waals surface area contributed by atoms with E-state index >= 15 is 0 Å². The van der Waals surface area contributed by atoms with Crippen molar-refractivity contribution in [1.82, 2.24) is 0 Å². The van der Waals surface area contributed by atoms with Gasteiger partial charge in [0.1, 0.15) is 0 Å². The van der Waals surface area contributed by atoms with Crippen molar-refractivity contribution >= 4 is 55.5 Å². The Balaban J connectivity index is 2.13. The van der Waals surface area contributed by atoms with Crippen LogP contribution in [0.4, 0.5) is 0 Å². The van der Waals surface area contributed by atoms with E-state index in [1.165, 1.54) is 11.3 Å². The van der Waals surface area contributed by atoms with E-state index in [4.69, 9.17) is 11.6 Å². The molecule has 1 unspecified atom stereocenters. The fraction of sp³-hybridized carbons (Fsp3) is 0.0833. The predicted octanol–water partition coefficient (Wildman–Crippen LogP) is 4.15. The van der Waals surface area contributed by atoms with Gasteiger partial charge in [0.25, 0.3) is 0 Å². The van der Waals surface area contributed by atoms with Gasteiger partial charge in [0, 0.05) is 14.4 Å². The van der Waals surface area contributed by atoms with Gasteiger partial charge in [-0.15, -0.1) is 11.3 Å². The molecule has 0 aliphatic rings. The Kier molecular flexibility index (Phi) is 4.72. The molecule has 2 rings (SSSR count). The fourth-order valence-corrected chi connectivity index (χ4v) is 4.29. The smallest absolute Gasteiger partial charge is 0.186 e. The van der Waals surface area contributed by atoms with Gasteiger partial charge in [-0.2, -0.15) is 0 Å². The average molecular weight is 364 g/mol. The second-order valence-corrected chi connectivity index (χ2v) is 7.13. The monoisotopic (exact) mass is 362 g/mol. The number of carbonyl (C=O) groups is 1. The molecule has 1 heterocycles. The fourth-order valence-electron chi connectivity index (χ4n) is 1.37. The van der Waals surface area contributed by atoms with Crippen LogP contribution in [0.15, 0.2) is 45.1 Å². The summed E-state index contributed by atoms with van der Waals surface area (Å²) in [4.78, 5) is 13.1. The lowest BCUT2D eigenvalue weighted by Crippen LogP contribution is -2.10. The first-order chi connectivity index (χ1) is 8.58. The highest BCUT2D eigenvalue weighted by Crippen LogP contribution is 2.24. The van der Waals surface area contributed by atoms with Crippen LogP contribution in [-0.2, 0) is 10.8 Å². The molecule has 1 aromatic carbocycles. The molecule has 0 N–H and O–H groups in total. The van der Waals surface area contributed by atoms with Crippen molar-refractivity contribution in [1.29, 1.82) is 0 Å². The number of hydrogen-bond donors (Lipinski definition) is 0. The zero-order chi connectivity index (χ0) is 13.1. The maximum absolute atomic E-state index is 12.0. The second-order valence-electron chi connectivity index (χ2n) is 3.47. The van der Waals surface area contributed by atoms with Gasteiger partial charge in [-0.3, -0.25) is 9.00 Å². The normalized spacial score (nSPS) is 12.3. The number of hydrogen-bond acceptors (Lipinski definition) is 3. The molecule has 0 saturated carbocycles. The van der Waals surface area contributed by atoms with Crippen LogP contribution in [0.1, 0.15) is 9.67 Å². The molecule has 2 aromatic rings. The SMILES string of the molecule is O=C(CS(=O)c1cccc(Cl)c1)c1sccc1Br. The molecule has 6 heteroatoms. The topological polar surface area (TPSA) is 34.1 Å². The van der Waals surface area contributed by atoms with Crippen LogP contribution in [0.5, 0.6) is 0 Å². The van der Waals surface area contributed by atoms with Crippen molar-refractivity contribution in [3.63, 3.8) is 0 Å². The summed E-state index contributed by atoms with van der Waals surface area (Å²) in [7, 11) is -1.36. The number of Topliss-reactive ketones (excluding diaryl/α,β-unsaturated/α-hetero) is 1. The van der Waals surface area contributed by atoms with Crippen molar-refractivity contribution in [3.05, 3.63) is 50.1 Å². The summed E-state index contributed by atoms with van der Waals surface area (Å²) < 4.78 is 12.8. The lowest BCUT2D eigenvalue weighted by molar-refractivity contribution is 0.102. The zero-order valence-corrected chi connectivity index (χ0v) is 13.0. The van der Waals surface area contributed by atoms with E-state index in [9.17, 15) is 9.00 Å². The highest BCUT2D eigenvalue weighted by Gasteiger charge is 2.16. The lowest BCUT2D eigenvalue weighted by atomic mass is 10.3. The Morgan fingerprint density at radius 3 is 2.78 bits per heavy atom. The van der Waals surface area contributed by atoms with E-state index in [1.807, 2.05) is 5.38 Å². The van der Waals surface area contributed by atoms with E-state index in [2.05, 4.69) is 15.9 Å². The van der Waals surface area contributed by atoms with Crippen molar-refractivity contribution < 1.29 is 9.00 Å². The molecule has 0 aliphatic heterocycles.